The molecule has 1 aliphatic heterocycles. The molecule has 174 valence electrons. The summed E-state index contributed by atoms with van der Waals surface area (Å²) in [5, 5.41) is 14.6. The van der Waals surface area contributed by atoms with E-state index in [9.17, 15) is 0 Å². The second-order valence-corrected chi connectivity index (χ2v) is 10.8. The van der Waals surface area contributed by atoms with Crippen molar-refractivity contribution in [1.82, 2.24) is 25.1 Å². The van der Waals surface area contributed by atoms with Crippen LogP contribution in [-0.2, 0) is 10.3 Å². The Morgan fingerprint density at radius 1 is 1.09 bits per heavy atom. The summed E-state index contributed by atoms with van der Waals surface area (Å²) in [6.45, 7) is 10.0. The molecule has 1 saturated heterocycles. The van der Waals surface area contributed by atoms with E-state index in [1.54, 1.807) is 6.07 Å². The van der Waals surface area contributed by atoms with Gasteiger partial charge in [0.05, 0.1) is 24.8 Å². The molecule has 8 heteroatoms. The fourth-order valence-electron chi connectivity index (χ4n) is 5.07. The Kier molecular flexibility index (Phi) is 7.25. The highest BCUT2D eigenvalue weighted by Gasteiger charge is 2.45. The van der Waals surface area contributed by atoms with Crippen molar-refractivity contribution in [1.29, 1.82) is 0 Å². The summed E-state index contributed by atoms with van der Waals surface area (Å²) in [6, 6.07) is 5.54. The molecule has 2 heterocycles. The average Bonchev–Trinajstić information content (AvgIpc) is 3.25. The highest BCUT2D eigenvalue weighted by Crippen LogP contribution is 2.44. The molecular weight excluding hydrogens is 445 g/mol. The first-order chi connectivity index (χ1) is 15.3. The standard InChI is InChI=1S/C24H33Cl2N5O/c1-23(2,3)21(10-8-18-7-9-19(25)17-20(18)26)31-22(27-28-29-31)24(11-5-4-6-12-24)30-13-15-32-16-14-30/h7-10,17,21H,4-6,11-16H2,1-3H3/b10-8-/t21-/m0/s1. The first-order valence-electron chi connectivity index (χ1n) is 11.6. The summed E-state index contributed by atoms with van der Waals surface area (Å²) in [6.07, 6.45) is 10.0. The van der Waals surface area contributed by atoms with Crippen molar-refractivity contribution in [2.75, 3.05) is 26.3 Å². The Bertz CT molecular complexity index is 940. The number of allylic oxidation sites excluding steroid dienone is 1. The number of morpholine rings is 1. The quantitative estimate of drug-likeness (QED) is 0.546. The molecule has 6 nitrogen and oxygen atoms in total. The number of rotatable bonds is 5. The van der Waals surface area contributed by atoms with E-state index in [-0.39, 0.29) is 17.0 Å². The van der Waals surface area contributed by atoms with Crippen LogP contribution in [0, 0.1) is 5.41 Å². The van der Waals surface area contributed by atoms with Gasteiger partial charge in [0.15, 0.2) is 5.82 Å². The van der Waals surface area contributed by atoms with Gasteiger partial charge in [-0.25, -0.2) is 4.68 Å². The molecule has 4 rings (SSSR count). The third kappa shape index (κ3) is 4.89. The molecule has 2 aliphatic rings. The van der Waals surface area contributed by atoms with Gasteiger partial charge in [-0.1, -0.05) is 81.5 Å². The van der Waals surface area contributed by atoms with Gasteiger partial charge in [-0.2, -0.15) is 0 Å². The molecule has 0 amide bonds. The van der Waals surface area contributed by atoms with Crippen molar-refractivity contribution in [3.63, 3.8) is 0 Å². The van der Waals surface area contributed by atoms with Gasteiger partial charge in [0.2, 0.25) is 0 Å². The summed E-state index contributed by atoms with van der Waals surface area (Å²) in [7, 11) is 0. The zero-order valence-corrected chi connectivity index (χ0v) is 20.7. The highest BCUT2D eigenvalue weighted by molar-refractivity contribution is 6.35. The van der Waals surface area contributed by atoms with Gasteiger partial charge < -0.3 is 4.74 Å². The Morgan fingerprint density at radius 3 is 2.47 bits per heavy atom. The smallest absolute Gasteiger partial charge is 0.172 e. The van der Waals surface area contributed by atoms with Gasteiger partial charge in [0, 0.05) is 23.1 Å². The van der Waals surface area contributed by atoms with E-state index >= 15 is 0 Å². The van der Waals surface area contributed by atoms with Gasteiger partial charge in [0.1, 0.15) is 0 Å². The molecule has 2 fully saturated rings. The van der Waals surface area contributed by atoms with E-state index < -0.39 is 0 Å². The van der Waals surface area contributed by atoms with E-state index in [1.807, 2.05) is 12.1 Å². The number of tetrazole rings is 1. The molecule has 1 aromatic carbocycles. The van der Waals surface area contributed by atoms with Crippen LogP contribution >= 0.6 is 23.2 Å². The highest BCUT2D eigenvalue weighted by atomic mass is 35.5. The Morgan fingerprint density at radius 2 is 1.81 bits per heavy atom. The number of nitrogens with zero attached hydrogens (tertiary/aromatic N) is 5. The van der Waals surface area contributed by atoms with Crippen LogP contribution in [0.1, 0.15) is 70.3 Å². The van der Waals surface area contributed by atoms with Gasteiger partial charge >= 0.3 is 0 Å². The van der Waals surface area contributed by atoms with E-state index in [2.05, 4.69) is 58.0 Å². The second-order valence-electron chi connectivity index (χ2n) is 9.97. The topological polar surface area (TPSA) is 56.1 Å². The Hall–Kier alpha value is -1.47. The summed E-state index contributed by atoms with van der Waals surface area (Å²) in [5.41, 5.74) is 0.696. The maximum absolute atomic E-state index is 6.43. The predicted molar refractivity (Wildman–Crippen MR) is 129 cm³/mol. The fraction of sp³-hybridized carbons (Fsp3) is 0.625. The van der Waals surface area contributed by atoms with Gasteiger partial charge in [-0.15, -0.1) is 5.10 Å². The van der Waals surface area contributed by atoms with Crippen molar-refractivity contribution in [2.24, 2.45) is 5.41 Å². The number of benzene rings is 1. The largest absolute Gasteiger partial charge is 0.379 e. The normalized spacial score (nSPS) is 21.2. The van der Waals surface area contributed by atoms with Crippen LogP contribution in [0.25, 0.3) is 6.08 Å². The van der Waals surface area contributed by atoms with Gasteiger partial charge in [-0.3, -0.25) is 4.90 Å². The van der Waals surface area contributed by atoms with Crippen LogP contribution < -0.4 is 0 Å². The predicted octanol–water partition coefficient (Wildman–Crippen LogP) is 5.77. The van der Waals surface area contributed by atoms with Crippen LogP contribution in [0.3, 0.4) is 0 Å². The van der Waals surface area contributed by atoms with Gasteiger partial charge in [0.25, 0.3) is 0 Å². The van der Waals surface area contributed by atoms with E-state index in [4.69, 9.17) is 27.9 Å². The molecule has 0 N–H and O–H groups in total. The van der Waals surface area contributed by atoms with Gasteiger partial charge in [-0.05, 0) is 46.4 Å². The number of hydrogen-bond acceptors (Lipinski definition) is 5. The van der Waals surface area contributed by atoms with Crippen molar-refractivity contribution < 1.29 is 4.74 Å². The lowest BCUT2D eigenvalue weighted by molar-refractivity contribution is -0.0470. The van der Waals surface area contributed by atoms with E-state index in [0.29, 0.717) is 10.0 Å². The molecule has 2 aromatic rings. The molecule has 0 radical (unpaired) electrons. The second kappa shape index (κ2) is 9.80. The third-order valence-electron chi connectivity index (χ3n) is 6.78. The lowest BCUT2D eigenvalue weighted by Crippen LogP contribution is -2.54. The molecule has 0 unspecified atom stereocenters. The molecule has 1 atom stereocenters. The lowest BCUT2D eigenvalue weighted by Gasteiger charge is -2.47. The minimum absolute atomic E-state index is 0.0286. The summed E-state index contributed by atoms with van der Waals surface area (Å²) < 4.78 is 7.72. The minimum Gasteiger partial charge on any atom is -0.379 e. The Balaban J connectivity index is 1.74. The van der Waals surface area contributed by atoms with E-state index in [0.717, 1.165) is 50.5 Å². The van der Waals surface area contributed by atoms with E-state index in [1.165, 1.54) is 19.3 Å². The molecule has 0 bridgehead atoms. The van der Waals surface area contributed by atoms with Crippen molar-refractivity contribution in [3.05, 3.63) is 45.7 Å². The van der Waals surface area contributed by atoms with Crippen molar-refractivity contribution >= 4 is 29.3 Å². The van der Waals surface area contributed by atoms with Crippen LogP contribution in [0.5, 0.6) is 0 Å². The number of aromatic nitrogens is 4. The third-order valence-corrected chi connectivity index (χ3v) is 7.34. The van der Waals surface area contributed by atoms with Crippen LogP contribution in [0.2, 0.25) is 10.0 Å². The molecule has 1 saturated carbocycles. The average molecular weight is 478 g/mol. The van der Waals surface area contributed by atoms with Crippen LogP contribution in [0.4, 0.5) is 0 Å². The molecule has 1 aliphatic carbocycles. The molecule has 1 aromatic heterocycles. The lowest BCUT2D eigenvalue weighted by atomic mass is 9.78. The van der Waals surface area contributed by atoms with Crippen LogP contribution in [-0.4, -0.2) is 51.4 Å². The zero-order valence-electron chi connectivity index (χ0n) is 19.2. The first kappa shape index (κ1) is 23.7. The fourth-order valence-corrected chi connectivity index (χ4v) is 5.54. The maximum Gasteiger partial charge on any atom is 0.172 e. The number of hydrogen-bond donors (Lipinski definition) is 0. The number of ether oxygens (including phenoxy) is 1. The SMILES string of the molecule is CC(C)(C)[C@H](/C=C\c1ccc(Cl)cc1Cl)n1nnnc1C1(N2CCOCC2)CCCCC1. The first-order valence-corrected chi connectivity index (χ1v) is 12.3. The maximum atomic E-state index is 6.43. The summed E-state index contributed by atoms with van der Waals surface area (Å²) in [4.78, 5) is 2.57. The van der Waals surface area contributed by atoms with Crippen molar-refractivity contribution in [3.8, 4) is 0 Å². The molecule has 0 spiro atoms. The Labute approximate surface area is 200 Å². The van der Waals surface area contributed by atoms with Crippen molar-refractivity contribution in [2.45, 2.75) is 64.5 Å². The molecular formula is C24H33Cl2N5O. The monoisotopic (exact) mass is 477 g/mol. The zero-order chi connectivity index (χ0) is 22.8. The summed E-state index contributed by atoms with van der Waals surface area (Å²) >= 11 is 12.5. The summed E-state index contributed by atoms with van der Waals surface area (Å²) in [5.74, 6) is 0.978. The van der Waals surface area contributed by atoms with Crippen LogP contribution in [0.15, 0.2) is 24.3 Å². The minimum atomic E-state index is -0.138. The molecule has 32 heavy (non-hydrogen) atoms. The number of halogens is 2.